The molecule has 1 aromatic rings. The third-order valence-corrected chi connectivity index (χ3v) is 3.84. The molecule has 2 rings (SSSR count). The lowest BCUT2D eigenvalue weighted by atomic mass is 10.1. The highest BCUT2D eigenvalue weighted by molar-refractivity contribution is 5.99. The van der Waals surface area contributed by atoms with Gasteiger partial charge >= 0.3 is 0 Å². The number of para-hydroxylation sites is 1. The van der Waals surface area contributed by atoms with Gasteiger partial charge in [0.2, 0.25) is 0 Å². The van der Waals surface area contributed by atoms with Crippen LogP contribution in [0, 0.1) is 5.82 Å². The lowest BCUT2D eigenvalue weighted by Gasteiger charge is -2.37. The summed E-state index contributed by atoms with van der Waals surface area (Å²) >= 11 is 0. The highest BCUT2D eigenvalue weighted by Crippen LogP contribution is 2.22. The van der Waals surface area contributed by atoms with Crippen LogP contribution in [0.25, 0.3) is 0 Å². The van der Waals surface area contributed by atoms with E-state index < -0.39 is 0 Å². The van der Waals surface area contributed by atoms with Gasteiger partial charge in [-0.25, -0.2) is 4.39 Å². The van der Waals surface area contributed by atoms with E-state index >= 15 is 0 Å². The van der Waals surface area contributed by atoms with Crippen LogP contribution in [0.2, 0.25) is 0 Å². The molecule has 1 N–H and O–H groups in total. The molecule has 20 heavy (non-hydrogen) atoms. The second-order valence-electron chi connectivity index (χ2n) is 5.27. The van der Waals surface area contributed by atoms with Crippen LogP contribution < -0.4 is 5.32 Å². The molecule has 1 aliphatic rings. The summed E-state index contributed by atoms with van der Waals surface area (Å²) in [6, 6.07) is 4.97. The molecule has 0 aliphatic carbocycles. The van der Waals surface area contributed by atoms with Crippen LogP contribution in [0.3, 0.4) is 0 Å². The average Bonchev–Trinajstić information content (AvgIpc) is 2.43. The second-order valence-corrected chi connectivity index (χ2v) is 5.27. The van der Waals surface area contributed by atoms with E-state index in [9.17, 15) is 9.18 Å². The van der Waals surface area contributed by atoms with E-state index in [1.165, 1.54) is 6.07 Å². The van der Waals surface area contributed by atoms with Gasteiger partial charge in [-0.3, -0.25) is 4.79 Å². The Morgan fingerprint density at radius 2 is 2.20 bits per heavy atom. The van der Waals surface area contributed by atoms with Crippen LogP contribution >= 0.6 is 0 Å². The summed E-state index contributed by atoms with van der Waals surface area (Å²) in [6.45, 7) is 6.77. The molecule has 0 saturated carbocycles. The van der Waals surface area contributed by atoms with Gasteiger partial charge in [0.1, 0.15) is 5.82 Å². The first-order valence-corrected chi connectivity index (χ1v) is 7.06. The zero-order valence-electron chi connectivity index (χ0n) is 12.3. The van der Waals surface area contributed by atoms with Crippen molar-refractivity contribution in [1.29, 1.82) is 0 Å². The molecule has 1 aliphatic heterocycles. The van der Waals surface area contributed by atoms with E-state index in [2.05, 4.69) is 24.2 Å². The first-order chi connectivity index (χ1) is 9.54. The molecule has 1 atom stereocenters. The van der Waals surface area contributed by atoms with Crippen molar-refractivity contribution in [3.05, 3.63) is 29.6 Å². The normalized spacial score (nSPS) is 20.0. The molecule has 1 amide bonds. The fraction of sp³-hybridized carbons (Fsp3) is 0.533. The van der Waals surface area contributed by atoms with Gasteiger partial charge in [-0.15, -0.1) is 0 Å². The molecule has 0 spiro atoms. The molecule has 0 radical (unpaired) electrons. The number of piperazine rings is 1. The smallest absolute Gasteiger partial charge is 0.256 e. The predicted molar refractivity (Wildman–Crippen MR) is 78.6 cm³/mol. The number of hydrogen-bond acceptors (Lipinski definition) is 3. The van der Waals surface area contributed by atoms with Crippen LogP contribution in [-0.2, 0) is 0 Å². The lowest BCUT2D eigenvalue weighted by molar-refractivity contribution is 0.0573. The van der Waals surface area contributed by atoms with Crippen LogP contribution in [0.15, 0.2) is 18.2 Å². The van der Waals surface area contributed by atoms with E-state index in [4.69, 9.17) is 0 Å². The zero-order valence-corrected chi connectivity index (χ0v) is 12.3. The molecule has 1 saturated heterocycles. The Bertz CT molecular complexity index is 492. The highest BCUT2D eigenvalue weighted by Gasteiger charge is 2.27. The number of halogens is 1. The SMILES string of the molecule is CCNc1c(F)cccc1C(=O)N1CCN(C)C(C)C1. The Morgan fingerprint density at radius 3 is 2.85 bits per heavy atom. The quantitative estimate of drug-likeness (QED) is 0.919. The molecular weight excluding hydrogens is 257 g/mol. The minimum absolute atomic E-state index is 0.0969. The Morgan fingerprint density at radius 1 is 1.45 bits per heavy atom. The van der Waals surface area contributed by atoms with Gasteiger partial charge < -0.3 is 15.1 Å². The lowest BCUT2D eigenvalue weighted by Crippen LogP contribution is -2.52. The number of carbonyl (C=O) groups is 1. The summed E-state index contributed by atoms with van der Waals surface area (Å²) in [5.74, 6) is -0.472. The Hall–Kier alpha value is -1.62. The highest BCUT2D eigenvalue weighted by atomic mass is 19.1. The van der Waals surface area contributed by atoms with Gasteiger partial charge in [-0.1, -0.05) is 6.07 Å². The number of amides is 1. The van der Waals surface area contributed by atoms with Gasteiger partial charge in [0, 0.05) is 32.2 Å². The van der Waals surface area contributed by atoms with E-state index in [1.807, 2.05) is 6.92 Å². The number of nitrogens with one attached hydrogen (secondary N) is 1. The predicted octanol–water partition coefficient (Wildman–Crippen LogP) is 2.03. The third kappa shape index (κ3) is 2.93. The molecule has 4 nitrogen and oxygen atoms in total. The van der Waals surface area contributed by atoms with Crippen molar-refractivity contribution < 1.29 is 9.18 Å². The molecule has 1 fully saturated rings. The van der Waals surface area contributed by atoms with Crippen LogP contribution in [0.1, 0.15) is 24.2 Å². The van der Waals surface area contributed by atoms with Gasteiger partial charge in [0.25, 0.3) is 5.91 Å². The Balaban J connectivity index is 2.23. The number of likely N-dealkylation sites (N-methyl/N-ethyl adjacent to an activating group) is 1. The van der Waals surface area contributed by atoms with Crippen molar-refractivity contribution in [1.82, 2.24) is 9.80 Å². The maximum Gasteiger partial charge on any atom is 0.256 e. The maximum absolute atomic E-state index is 13.9. The van der Waals surface area contributed by atoms with Gasteiger partial charge in [0.15, 0.2) is 0 Å². The number of hydrogen-bond donors (Lipinski definition) is 1. The van der Waals surface area contributed by atoms with Crippen LogP contribution in [0.4, 0.5) is 10.1 Å². The second kappa shape index (κ2) is 6.22. The molecule has 1 aromatic carbocycles. The van der Waals surface area contributed by atoms with Gasteiger partial charge in [-0.05, 0) is 33.0 Å². The molecule has 1 heterocycles. The van der Waals surface area contributed by atoms with Gasteiger partial charge in [-0.2, -0.15) is 0 Å². The van der Waals surface area contributed by atoms with E-state index in [0.29, 0.717) is 36.9 Å². The number of nitrogens with zero attached hydrogens (tertiary/aromatic N) is 2. The molecule has 1 unspecified atom stereocenters. The Kier molecular flexibility index (Phi) is 4.60. The van der Waals surface area contributed by atoms with E-state index in [1.54, 1.807) is 17.0 Å². The minimum atomic E-state index is -0.375. The largest absolute Gasteiger partial charge is 0.382 e. The van der Waals surface area contributed by atoms with E-state index in [-0.39, 0.29) is 11.7 Å². The summed E-state index contributed by atoms with van der Waals surface area (Å²) in [6.07, 6.45) is 0. The first-order valence-electron chi connectivity index (χ1n) is 7.06. The first kappa shape index (κ1) is 14.8. The molecular formula is C15H22FN3O. The number of carbonyl (C=O) groups excluding carboxylic acids is 1. The maximum atomic E-state index is 13.9. The fourth-order valence-corrected chi connectivity index (χ4v) is 2.46. The topological polar surface area (TPSA) is 35.6 Å². The number of benzene rings is 1. The van der Waals surface area contributed by atoms with Gasteiger partial charge in [0.05, 0.1) is 11.3 Å². The molecule has 5 heteroatoms. The third-order valence-electron chi connectivity index (χ3n) is 3.84. The molecule has 0 bridgehead atoms. The number of rotatable bonds is 3. The van der Waals surface area contributed by atoms with Crippen LogP contribution in [0.5, 0.6) is 0 Å². The van der Waals surface area contributed by atoms with Crippen LogP contribution in [-0.4, -0.2) is 55.0 Å². The molecule has 110 valence electrons. The summed E-state index contributed by atoms with van der Waals surface area (Å²) in [5.41, 5.74) is 0.732. The fourth-order valence-electron chi connectivity index (χ4n) is 2.46. The van der Waals surface area contributed by atoms with Crippen molar-refractivity contribution in [3.8, 4) is 0 Å². The zero-order chi connectivity index (χ0) is 14.7. The van der Waals surface area contributed by atoms with Crippen molar-refractivity contribution in [2.75, 3.05) is 38.5 Å². The summed E-state index contributed by atoms with van der Waals surface area (Å²) < 4.78 is 13.9. The standard InChI is InChI=1S/C15H22FN3O/c1-4-17-14-12(6-5-7-13(14)16)15(20)19-9-8-18(3)11(2)10-19/h5-7,11,17H,4,8-10H2,1-3H3. The summed E-state index contributed by atoms with van der Waals surface area (Å²) in [4.78, 5) is 16.6. The minimum Gasteiger partial charge on any atom is -0.382 e. The summed E-state index contributed by atoms with van der Waals surface area (Å²) in [7, 11) is 2.05. The van der Waals surface area contributed by atoms with E-state index in [0.717, 1.165) is 6.54 Å². The van der Waals surface area contributed by atoms with Crippen molar-refractivity contribution in [2.45, 2.75) is 19.9 Å². The monoisotopic (exact) mass is 279 g/mol. The van der Waals surface area contributed by atoms with Crippen molar-refractivity contribution >= 4 is 11.6 Å². The van der Waals surface area contributed by atoms with Crippen molar-refractivity contribution in [2.24, 2.45) is 0 Å². The van der Waals surface area contributed by atoms with Crippen molar-refractivity contribution in [3.63, 3.8) is 0 Å². The molecule has 0 aromatic heterocycles. The average molecular weight is 279 g/mol. The summed E-state index contributed by atoms with van der Waals surface area (Å²) in [5, 5.41) is 2.95. The Labute approximate surface area is 119 Å². The number of anilines is 1.